The second-order valence-corrected chi connectivity index (χ2v) is 9.55. The quantitative estimate of drug-likeness (QED) is 0.746. The van der Waals surface area contributed by atoms with Gasteiger partial charge in [0.1, 0.15) is 0 Å². The molecule has 0 aromatic carbocycles. The molecule has 0 bridgehead atoms. The smallest absolute Gasteiger partial charge is 0.254 e. The van der Waals surface area contributed by atoms with Crippen molar-refractivity contribution in [2.45, 2.75) is 64.8 Å². The number of hydrogen-bond donors (Lipinski definition) is 1. The standard InChI is InChI=1S/C22H33N5O.2ClH/c1-14-19-17(21(28)26-10-6-7-15(13-26)12-23-5)11-18(16-8-9-16)24-20(19)27(25-14)22(2,3)4;;/h11,15-16,23H,6-10,12-13H2,1-5H3;2*1H. The second kappa shape index (κ2) is 9.41. The molecule has 4 rings (SSSR count). The van der Waals surface area contributed by atoms with Crippen molar-refractivity contribution < 1.29 is 4.79 Å². The third kappa shape index (κ3) is 4.76. The number of carbonyl (C=O) groups excluding carboxylic acids is 1. The number of likely N-dealkylation sites (tertiary alicyclic amines) is 1. The Morgan fingerprint density at radius 3 is 2.53 bits per heavy atom. The predicted molar refractivity (Wildman–Crippen MR) is 126 cm³/mol. The highest BCUT2D eigenvalue weighted by molar-refractivity contribution is 6.06. The van der Waals surface area contributed by atoms with Crippen LogP contribution in [0.5, 0.6) is 0 Å². The summed E-state index contributed by atoms with van der Waals surface area (Å²) in [6.07, 6.45) is 4.60. The lowest BCUT2D eigenvalue weighted by molar-refractivity contribution is 0.0676. The molecule has 1 atom stereocenters. The van der Waals surface area contributed by atoms with Crippen LogP contribution in [0.2, 0.25) is 0 Å². The Bertz CT molecular complexity index is 899. The first-order valence-electron chi connectivity index (χ1n) is 10.6. The van der Waals surface area contributed by atoms with Crippen LogP contribution in [0.4, 0.5) is 0 Å². The number of halogens is 2. The third-order valence-electron chi connectivity index (χ3n) is 5.99. The molecule has 30 heavy (non-hydrogen) atoms. The zero-order chi connectivity index (χ0) is 20.1. The molecule has 3 heterocycles. The Morgan fingerprint density at radius 2 is 1.93 bits per heavy atom. The van der Waals surface area contributed by atoms with Gasteiger partial charge in [0, 0.05) is 24.7 Å². The van der Waals surface area contributed by atoms with E-state index in [1.807, 2.05) is 23.6 Å². The summed E-state index contributed by atoms with van der Waals surface area (Å²) in [5.41, 5.74) is 3.44. The number of rotatable bonds is 4. The minimum absolute atomic E-state index is 0. The molecule has 2 aromatic heterocycles. The SMILES string of the molecule is CNCC1CCCN(C(=O)c2cc(C3CC3)nc3c2c(C)nn3C(C)(C)C)C1.Cl.Cl. The number of hydrogen-bond acceptors (Lipinski definition) is 4. The Morgan fingerprint density at radius 1 is 1.23 bits per heavy atom. The maximum Gasteiger partial charge on any atom is 0.254 e. The van der Waals surface area contributed by atoms with Crippen molar-refractivity contribution >= 4 is 41.8 Å². The first-order chi connectivity index (χ1) is 13.3. The number of fused-ring (bicyclic) bond motifs is 1. The van der Waals surface area contributed by atoms with Crippen molar-refractivity contribution in [3.63, 3.8) is 0 Å². The summed E-state index contributed by atoms with van der Waals surface area (Å²) in [7, 11) is 1.99. The highest BCUT2D eigenvalue weighted by Crippen LogP contribution is 2.41. The molecule has 168 valence electrons. The van der Waals surface area contributed by atoms with Crippen LogP contribution in [-0.4, -0.2) is 52.3 Å². The van der Waals surface area contributed by atoms with Crippen molar-refractivity contribution in [1.29, 1.82) is 0 Å². The van der Waals surface area contributed by atoms with Crippen LogP contribution in [0, 0.1) is 12.8 Å². The summed E-state index contributed by atoms with van der Waals surface area (Å²) in [5, 5.41) is 8.98. The van der Waals surface area contributed by atoms with Crippen LogP contribution in [-0.2, 0) is 5.54 Å². The predicted octanol–water partition coefficient (Wildman–Crippen LogP) is 4.29. The fourth-order valence-electron chi connectivity index (χ4n) is 4.41. The van der Waals surface area contributed by atoms with Gasteiger partial charge in [0.15, 0.2) is 5.65 Å². The minimum Gasteiger partial charge on any atom is -0.338 e. The van der Waals surface area contributed by atoms with Crippen molar-refractivity contribution in [3.8, 4) is 0 Å². The van der Waals surface area contributed by atoms with E-state index in [0.29, 0.717) is 11.8 Å². The van der Waals surface area contributed by atoms with Gasteiger partial charge < -0.3 is 10.2 Å². The fourth-order valence-corrected chi connectivity index (χ4v) is 4.41. The van der Waals surface area contributed by atoms with Crippen molar-refractivity contribution in [3.05, 3.63) is 23.0 Å². The molecule has 0 spiro atoms. The largest absolute Gasteiger partial charge is 0.338 e. The van der Waals surface area contributed by atoms with Crippen LogP contribution in [0.3, 0.4) is 0 Å². The van der Waals surface area contributed by atoms with E-state index < -0.39 is 0 Å². The maximum atomic E-state index is 13.6. The average molecular weight is 456 g/mol. The maximum absolute atomic E-state index is 13.6. The van der Waals surface area contributed by atoms with E-state index >= 15 is 0 Å². The molecular weight excluding hydrogens is 421 g/mol. The number of nitrogens with zero attached hydrogens (tertiary/aromatic N) is 4. The molecular formula is C22H35Cl2N5O. The summed E-state index contributed by atoms with van der Waals surface area (Å²) < 4.78 is 2.00. The van der Waals surface area contributed by atoms with Gasteiger partial charge in [-0.2, -0.15) is 5.10 Å². The zero-order valence-corrected chi connectivity index (χ0v) is 20.3. The van der Waals surface area contributed by atoms with E-state index in [1.165, 1.54) is 19.3 Å². The van der Waals surface area contributed by atoms with Crippen molar-refractivity contribution in [2.75, 3.05) is 26.7 Å². The molecule has 1 aliphatic carbocycles. The second-order valence-electron chi connectivity index (χ2n) is 9.55. The Labute approximate surface area is 192 Å². The molecule has 1 unspecified atom stereocenters. The van der Waals surface area contributed by atoms with Crippen LogP contribution in [0.1, 0.15) is 74.1 Å². The summed E-state index contributed by atoms with van der Waals surface area (Å²) >= 11 is 0. The summed E-state index contributed by atoms with van der Waals surface area (Å²) in [4.78, 5) is 20.6. The van der Waals surface area contributed by atoms with Gasteiger partial charge in [0.25, 0.3) is 5.91 Å². The van der Waals surface area contributed by atoms with E-state index in [0.717, 1.165) is 54.0 Å². The molecule has 1 saturated heterocycles. The van der Waals surface area contributed by atoms with Crippen LogP contribution in [0.15, 0.2) is 6.07 Å². The molecule has 2 fully saturated rings. The van der Waals surface area contributed by atoms with Gasteiger partial charge in [-0.3, -0.25) is 4.79 Å². The van der Waals surface area contributed by atoms with Gasteiger partial charge in [-0.25, -0.2) is 9.67 Å². The van der Waals surface area contributed by atoms with Gasteiger partial charge in [-0.05, 0) is 79.0 Å². The van der Waals surface area contributed by atoms with Crippen molar-refractivity contribution in [2.24, 2.45) is 5.92 Å². The van der Waals surface area contributed by atoms with Gasteiger partial charge in [-0.15, -0.1) is 24.8 Å². The van der Waals surface area contributed by atoms with E-state index in [9.17, 15) is 4.79 Å². The third-order valence-corrected chi connectivity index (χ3v) is 5.99. The molecule has 2 aliphatic rings. The molecule has 0 radical (unpaired) electrons. The average Bonchev–Trinajstić information content (AvgIpc) is 3.44. The lowest BCUT2D eigenvalue weighted by Gasteiger charge is -2.33. The van der Waals surface area contributed by atoms with Gasteiger partial charge in [0.05, 0.1) is 22.2 Å². The Hall–Kier alpha value is -1.37. The molecule has 1 amide bonds. The van der Waals surface area contributed by atoms with Crippen LogP contribution in [0.25, 0.3) is 11.0 Å². The summed E-state index contributed by atoms with van der Waals surface area (Å²) in [6, 6.07) is 2.06. The summed E-state index contributed by atoms with van der Waals surface area (Å²) in [6.45, 7) is 11.0. The minimum atomic E-state index is -0.176. The lowest BCUT2D eigenvalue weighted by Crippen LogP contribution is -2.42. The molecule has 1 saturated carbocycles. The van der Waals surface area contributed by atoms with E-state index in [1.54, 1.807) is 0 Å². The summed E-state index contributed by atoms with van der Waals surface area (Å²) in [5.74, 6) is 1.17. The van der Waals surface area contributed by atoms with E-state index in [-0.39, 0.29) is 36.3 Å². The highest BCUT2D eigenvalue weighted by Gasteiger charge is 2.32. The fraction of sp³-hybridized carbons (Fsp3) is 0.682. The number of aryl methyl sites for hydroxylation is 1. The van der Waals surface area contributed by atoms with Crippen LogP contribution < -0.4 is 5.32 Å². The highest BCUT2D eigenvalue weighted by atomic mass is 35.5. The molecule has 1 N–H and O–H groups in total. The number of amides is 1. The van der Waals surface area contributed by atoms with Crippen molar-refractivity contribution in [1.82, 2.24) is 25.0 Å². The van der Waals surface area contributed by atoms with Gasteiger partial charge in [-0.1, -0.05) is 0 Å². The Kier molecular flexibility index (Phi) is 7.81. The molecule has 6 nitrogen and oxygen atoms in total. The molecule has 8 heteroatoms. The Balaban J connectivity index is 0.00000160. The number of carbonyl (C=O) groups is 1. The first-order valence-corrected chi connectivity index (χ1v) is 10.6. The van der Waals surface area contributed by atoms with Gasteiger partial charge >= 0.3 is 0 Å². The number of aromatic nitrogens is 3. The van der Waals surface area contributed by atoms with Crippen LogP contribution >= 0.6 is 24.8 Å². The van der Waals surface area contributed by atoms with E-state index in [4.69, 9.17) is 10.1 Å². The number of pyridine rings is 1. The monoisotopic (exact) mass is 455 g/mol. The number of nitrogens with one attached hydrogen (secondary N) is 1. The lowest BCUT2D eigenvalue weighted by atomic mass is 9.96. The van der Waals surface area contributed by atoms with Gasteiger partial charge in [0.2, 0.25) is 0 Å². The molecule has 2 aromatic rings. The van der Waals surface area contributed by atoms with E-state index in [2.05, 4.69) is 32.2 Å². The number of piperidine rings is 1. The zero-order valence-electron chi connectivity index (χ0n) is 18.7. The molecule has 1 aliphatic heterocycles. The first kappa shape index (κ1) is 24.9. The topological polar surface area (TPSA) is 63.1 Å². The normalized spacial score (nSPS) is 19.4.